The summed E-state index contributed by atoms with van der Waals surface area (Å²) in [6.45, 7) is 4.07. The van der Waals surface area contributed by atoms with Crippen LogP contribution < -0.4 is 15.5 Å². The van der Waals surface area contributed by atoms with Crippen LogP contribution in [0.1, 0.15) is 31.0 Å². The average Bonchev–Trinajstić information content (AvgIpc) is 3.45. The van der Waals surface area contributed by atoms with E-state index in [1.54, 1.807) is 12.1 Å². The Morgan fingerprint density at radius 2 is 1.93 bits per heavy atom. The molecular formula is C21H29FIN5. The third kappa shape index (κ3) is 5.80. The van der Waals surface area contributed by atoms with Gasteiger partial charge in [0.1, 0.15) is 11.6 Å². The Bertz CT molecular complexity index is 805. The number of nitrogens with one attached hydrogen (secondary N) is 2. The number of aromatic nitrogens is 1. The third-order valence-electron chi connectivity index (χ3n) is 4.88. The summed E-state index contributed by atoms with van der Waals surface area (Å²) in [5.74, 6) is 1.51. The first-order chi connectivity index (χ1) is 13.0. The maximum atomic E-state index is 13.6. The Morgan fingerprint density at radius 3 is 2.57 bits per heavy atom. The highest BCUT2D eigenvalue weighted by atomic mass is 127. The van der Waals surface area contributed by atoms with Gasteiger partial charge in [-0.2, -0.15) is 0 Å². The molecule has 0 spiro atoms. The first-order valence-corrected chi connectivity index (χ1v) is 9.44. The quantitative estimate of drug-likeness (QED) is 0.348. The molecule has 0 bridgehead atoms. The van der Waals surface area contributed by atoms with Crippen LogP contribution in [-0.4, -0.2) is 38.1 Å². The van der Waals surface area contributed by atoms with Gasteiger partial charge in [-0.15, -0.1) is 24.0 Å². The van der Waals surface area contributed by atoms with Gasteiger partial charge in [0.2, 0.25) is 0 Å². The zero-order valence-corrected chi connectivity index (χ0v) is 19.0. The summed E-state index contributed by atoms with van der Waals surface area (Å²) in [5, 5.41) is 6.71. The topological polar surface area (TPSA) is 52.6 Å². The Labute approximate surface area is 183 Å². The van der Waals surface area contributed by atoms with Gasteiger partial charge in [0.15, 0.2) is 5.96 Å². The van der Waals surface area contributed by atoms with Crippen LogP contribution in [0.4, 0.5) is 10.2 Å². The fourth-order valence-corrected chi connectivity index (χ4v) is 3.10. The van der Waals surface area contributed by atoms with Crippen LogP contribution in [0.3, 0.4) is 0 Å². The highest BCUT2D eigenvalue weighted by molar-refractivity contribution is 14.0. The molecule has 1 aliphatic carbocycles. The molecule has 152 valence electrons. The molecule has 1 saturated carbocycles. The van der Waals surface area contributed by atoms with Gasteiger partial charge in [0, 0.05) is 32.6 Å². The van der Waals surface area contributed by atoms with Crippen LogP contribution >= 0.6 is 24.0 Å². The number of guanidine groups is 1. The molecule has 7 heteroatoms. The van der Waals surface area contributed by atoms with E-state index in [0.29, 0.717) is 6.54 Å². The number of nitrogens with zero attached hydrogens (tertiary/aromatic N) is 3. The van der Waals surface area contributed by atoms with Gasteiger partial charge in [-0.1, -0.05) is 18.2 Å². The van der Waals surface area contributed by atoms with E-state index >= 15 is 0 Å². The Balaban J connectivity index is 0.00000280. The Kier molecular flexibility index (Phi) is 8.03. The van der Waals surface area contributed by atoms with Gasteiger partial charge in [-0.25, -0.2) is 14.4 Å². The zero-order valence-electron chi connectivity index (χ0n) is 16.7. The first kappa shape index (κ1) is 22.4. The smallest absolute Gasteiger partial charge is 0.191 e. The number of anilines is 1. The lowest BCUT2D eigenvalue weighted by Gasteiger charge is -2.19. The van der Waals surface area contributed by atoms with E-state index in [1.165, 1.54) is 6.07 Å². The lowest BCUT2D eigenvalue weighted by molar-refractivity contribution is 0.607. The standard InChI is InChI=1S/C21H28FN5.HI/c1-4-23-20(24-14-18-9-6-10-19(26-18)27(2)3)25-15-21(11-12-21)16-7-5-8-17(22)13-16;/h5-10,13H,4,11-12,14-15H2,1-3H3,(H2,23,24,25);1H. The van der Waals surface area contributed by atoms with Gasteiger partial charge >= 0.3 is 0 Å². The zero-order chi connectivity index (χ0) is 19.3. The minimum atomic E-state index is -0.175. The van der Waals surface area contributed by atoms with E-state index in [0.717, 1.165) is 49.0 Å². The van der Waals surface area contributed by atoms with Crippen molar-refractivity contribution in [1.82, 2.24) is 15.6 Å². The van der Waals surface area contributed by atoms with Crippen molar-refractivity contribution in [3.8, 4) is 0 Å². The monoisotopic (exact) mass is 497 g/mol. The minimum absolute atomic E-state index is 0. The van der Waals surface area contributed by atoms with Crippen LogP contribution in [0, 0.1) is 5.82 Å². The second kappa shape index (κ2) is 10.0. The molecule has 1 aliphatic rings. The molecule has 28 heavy (non-hydrogen) atoms. The van der Waals surface area contributed by atoms with Crippen LogP contribution in [-0.2, 0) is 12.0 Å². The van der Waals surface area contributed by atoms with E-state index in [4.69, 9.17) is 0 Å². The fraction of sp³-hybridized carbons (Fsp3) is 0.429. The third-order valence-corrected chi connectivity index (χ3v) is 4.88. The molecule has 1 aromatic carbocycles. The predicted molar refractivity (Wildman–Crippen MR) is 124 cm³/mol. The first-order valence-electron chi connectivity index (χ1n) is 9.44. The normalized spacial score (nSPS) is 14.8. The summed E-state index contributed by atoms with van der Waals surface area (Å²) < 4.78 is 13.6. The number of benzene rings is 1. The molecular weight excluding hydrogens is 468 g/mol. The van der Waals surface area contributed by atoms with E-state index in [-0.39, 0.29) is 35.2 Å². The molecule has 1 aromatic heterocycles. The largest absolute Gasteiger partial charge is 0.363 e. The molecule has 0 amide bonds. The molecule has 0 radical (unpaired) electrons. The van der Waals surface area contributed by atoms with Crippen molar-refractivity contribution in [3.63, 3.8) is 0 Å². The second-order valence-corrected chi connectivity index (χ2v) is 7.22. The maximum absolute atomic E-state index is 13.6. The van der Waals surface area contributed by atoms with Crippen molar-refractivity contribution in [2.75, 3.05) is 32.1 Å². The van der Waals surface area contributed by atoms with E-state index in [2.05, 4.69) is 20.6 Å². The van der Waals surface area contributed by atoms with Crippen molar-refractivity contribution >= 4 is 35.8 Å². The summed E-state index contributed by atoms with van der Waals surface area (Å²) in [6, 6.07) is 12.9. The van der Waals surface area contributed by atoms with Crippen molar-refractivity contribution in [2.24, 2.45) is 4.99 Å². The number of rotatable bonds is 7. The number of hydrogen-bond acceptors (Lipinski definition) is 3. The molecule has 1 heterocycles. The van der Waals surface area contributed by atoms with E-state index in [9.17, 15) is 4.39 Å². The molecule has 1 fully saturated rings. The summed E-state index contributed by atoms with van der Waals surface area (Å²) in [7, 11) is 3.95. The van der Waals surface area contributed by atoms with Crippen LogP contribution in [0.2, 0.25) is 0 Å². The number of aliphatic imine (C=N–C) groups is 1. The van der Waals surface area contributed by atoms with Gasteiger partial charge in [0.25, 0.3) is 0 Å². The molecule has 2 N–H and O–H groups in total. The minimum Gasteiger partial charge on any atom is -0.363 e. The summed E-state index contributed by atoms with van der Waals surface area (Å²) in [5.41, 5.74) is 2.00. The number of hydrogen-bond donors (Lipinski definition) is 2. The van der Waals surface area contributed by atoms with Crippen molar-refractivity contribution in [3.05, 3.63) is 59.5 Å². The van der Waals surface area contributed by atoms with Gasteiger partial charge in [0.05, 0.1) is 12.2 Å². The maximum Gasteiger partial charge on any atom is 0.191 e. The number of pyridine rings is 1. The van der Waals surface area contributed by atoms with Crippen molar-refractivity contribution < 1.29 is 4.39 Å². The van der Waals surface area contributed by atoms with Crippen LogP contribution in [0.5, 0.6) is 0 Å². The number of halogens is 2. The highest BCUT2D eigenvalue weighted by Gasteiger charge is 2.44. The SMILES string of the molecule is CCNC(=NCc1cccc(N(C)C)n1)NCC1(c2cccc(F)c2)CC1.I. The van der Waals surface area contributed by atoms with Gasteiger partial charge in [-0.3, -0.25) is 0 Å². The lowest BCUT2D eigenvalue weighted by Crippen LogP contribution is -2.41. The molecule has 0 saturated heterocycles. The summed E-state index contributed by atoms with van der Waals surface area (Å²) >= 11 is 0. The predicted octanol–water partition coefficient (Wildman–Crippen LogP) is 3.69. The average molecular weight is 497 g/mol. The molecule has 0 unspecified atom stereocenters. The van der Waals surface area contributed by atoms with Crippen molar-refractivity contribution in [2.45, 2.75) is 31.7 Å². The van der Waals surface area contributed by atoms with Crippen LogP contribution in [0.25, 0.3) is 0 Å². The molecule has 0 atom stereocenters. The molecule has 5 nitrogen and oxygen atoms in total. The van der Waals surface area contributed by atoms with Gasteiger partial charge < -0.3 is 15.5 Å². The highest BCUT2D eigenvalue weighted by Crippen LogP contribution is 2.47. The second-order valence-electron chi connectivity index (χ2n) is 7.22. The molecule has 3 rings (SSSR count). The van der Waals surface area contributed by atoms with Crippen molar-refractivity contribution in [1.29, 1.82) is 0 Å². The van der Waals surface area contributed by atoms with Crippen LogP contribution in [0.15, 0.2) is 47.5 Å². The summed E-state index contributed by atoms with van der Waals surface area (Å²) in [4.78, 5) is 11.2. The molecule has 2 aromatic rings. The van der Waals surface area contributed by atoms with E-state index in [1.807, 2.05) is 50.2 Å². The fourth-order valence-electron chi connectivity index (χ4n) is 3.10. The molecule has 0 aliphatic heterocycles. The Morgan fingerprint density at radius 1 is 1.18 bits per heavy atom. The summed E-state index contributed by atoms with van der Waals surface area (Å²) in [6.07, 6.45) is 2.13. The Hall–Kier alpha value is -1.90. The van der Waals surface area contributed by atoms with E-state index < -0.39 is 0 Å². The van der Waals surface area contributed by atoms with Gasteiger partial charge in [-0.05, 0) is 49.6 Å². The lowest BCUT2D eigenvalue weighted by atomic mass is 9.96.